The molecule has 2 heterocycles. The molecule has 0 radical (unpaired) electrons. The number of ether oxygens (including phenoxy) is 1. The summed E-state index contributed by atoms with van der Waals surface area (Å²) < 4.78 is 5.28. The molecule has 0 N–H and O–H groups in total. The molecule has 0 atom stereocenters. The van der Waals surface area contributed by atoms with Crippen LogP contribution < -0.4 is 9.64 Å². The molecule has 7 heteroatoms. The average Bonchev–Trinajstić information content (AvgIpc) is 2.91. The Hall–Kier alpha value is -2.18. The van der Waals surface area contributed by atoms with Crippen molar-refractivity contribution in [3.8, 4) is 5.75 Å². The van der Waals surface area contributed by atoms with Gasteiger partial charge in [-0.3, -0.25) is 9.69 Å². The molecule has 0 bridgehead atoms. The zero-order chi connectivity index (χ0) is 13.4. The van der Waals surface area contributed by atoms with Crippen LogP contribution in [0.3, 0.4) is 0 Å². The summed E-state index contributed by atoms with van der Waals surface area (Å²) in [5.74, 6) is 0.293. The number of nitro groups is 1. The van der Waals surface area contributed by atoms with Gasteiger partial charge in [0.2, 0.25) is 0 Å². The third-order valence-corrected chi connectivity index (χ3v) is 3.55. The van der Waals surface area contributed by atoms with E-state index in [9.17, 15) is 14.9 Å². The number of aromatic nitrogens is 1. The van der Waals surface area contributed by atoms with Gasteiger partial charge < -0.3 is 14.9 Å². The maximum Gasteiger partial charge on any atom is 0.366 e. The lowest BCUT2D eigenvalue weighted by Gasteiger charge is -2.30. The average molecular weight is 263 g/mol. The highest BCUT2D eigenvalue weighted by Crippen LogP contribution is 2.36. The monoisotopic (exact) mass is 263 g/mol. The highest BCUT2D eigenvalue weighted by molar-refractivity contribution is 5.97. The Bertz CT molecular complexity index is 540. The molecule has 19 heavy (non-hydrogen) atoms. The smallest absolute Gasteiger partial charge is 0.366 e. The quantitative estimate of drug-likeness (QED) is 0.598. The lowest BCUT2D eigenvalue weighted by molar-refractivity contribution is -0.389. The van der Waals surface area contributed by atoms with Crippen molar-refractivity contribution in [2.24, 2.45) is 0 Å². The maximum atomic E-state index is 12.0. The minimum Gasteiger partial charge on any atom is -0.477 e. The van der Waals surface area contributed by atoms with Gasteiger partial charge in [-0.2, -0.15) is 0 Å². The zero-order valence-corrected chi connectivity index (χ0v) is 10.2. The van der Waals surface area contributed by atoms with Crippen molar-refractivity contribution in [2.75, 3.05) is 11.5 Å². The Labute approximate surface area is 109 Å². The number of anilines is 1. The first kappa shape index (κ1) is 11.9. The van der Waals surface area contributed by atoms with Crippen LogP contribution in [-0.2, 0) is 4.79 Å². The van der Waals surface area contributed by atoms with Crippen molar-refractivity contribution in [3.05, 3.63) is 22.2 Å². The lowest BCUT2D eigenvalue weighted by atomic mass is 10.2. The molecule has 1 amide bonds. The predicted molar refractivity (Wildman–Crippen MR) is 66.1 cm³/mol. The van der Waals surface area contributed by atoms with Gasteiger partial charge in [0.25, 0.3) is 11.7 Å². The second kappa shape index (κ2) is 4.49. The number of carbonyl (C=O) groups excluding carboxylic acids is 1. The molecule has 1 saturated carbocycles. The summed E-state index contributed by atoms with van der Waals surface area (Å²) in [6.45, 7) is -0.0248. The minimum atomic E-state index is -0.563. The van der Waals surface area contributed by atoms with Gasteiger partial charge in [-0.1, -0.05) is 12.8 Å². The number of amides is 1. The summed E-state index contributed by atoms with van der Waals surface area (Å²) in [5.41, 5.74) is 0. The molecule has 0 saturated heterocycles. The Kier molecular flexibility index (Phi) is 2.81. The van der Waals surface area contributed by atoms with Crippen molar-refractivity contribution >= 4 is 17.5 Å². The Morgan fingerprint density at radius 3 is 2.79 bits per heavy atom. The van der Waals surface area contributed by atoms with E-state index < -0.39 is 4.92 Å². The van der Waals surface area contributed by atoms with E-state index in [1.165, 1.54) is 12.1 Å². The fraction of sp³-hybridized carbons (Fsp3) is 0.500. The fourth-order valence-corrected chi connectivity index (χ4v) is 2.68. The number of hydrogen-bond acceptors (Lipinski definition) is 5. The van der Waals surface area contributed by atoms with Crippen LogP contribution in [0.2, 0.25) is 0 Å². The molecule has 0 aromatic carbocycles. The largest absolute Gasteiger partial charge is 0.477 e. The van der Waals surface area contributed by atoms with Gasteiger partial charge in [0.05, 0.1) is 0 Å². The first-order valence-electron chi connectivity index (χ1n) is 6.27. The van der Waals surface area contributed by atoms with E-state index in [0.29, 0.717) is 5.75 Å². The topological polar surface area (TPSA) is 85.6 Å². The molecule has 1 fully saturated rings. The summed E-state index contributed by atoms with van der Waals surface area (Å²) in [6, 6.07) is 2.89. The zero-order valence-electron chi connectivity index (χ0n) is 10.2. The van der Waals surface area contributed by atoms with E-state index in [0.717, 1.165) is 25.7 Å². The van der Waals surface area contributed by atoms with Crippen molar-refractivity contribution in [1.29, 1.82) is 0 Å². The van der Waals surface area contributed by atoms with E-state index in [1.54, 1.807) is 4.90 Å². The van der Waals surface area contributed by atoms with Crippen LogP contribution in [0.15, 0.2) is 12.1 Å². The molecule has 3 rings (SSSR count). The second-order valence-electron chi connectivity index (χ2n) is 4.74. The van der Waals surface area contributed by atoms with Crippen LogP contribution >= 0.6 is 0 Å². The normalized spacial score (nSPS) is 19.2. The summed E-state index contributed by atoms with van der Waals surface area (Å²) in [6.07, 6.45) is 3.96. The molecule has 1 aromatic heterocycles. The lowest BCUT2D eigenvalue weighted by Crippen LogP contribution is -2.45. The first-order valence-corrected chi connectivity index (χ1v) is 6.27. The molecule has 100 valence electrons. The third-order valence-electron chi connectivity index (χ3n) is 3.55. The number of carbonyl (C=O) groups is 1. The van der Waals surface area contributed by atoms with Crippen LogP contribution in [0.4, 0.5) is 11.6 Å². The van der Waals surface area contributed by atoms with Crippen LogP contribution in [0.1, 0.15) is 25.7 Å². The molecular formula is C12H13N3O4. The minimum absolute atomic E-state index is 0.0248. The van der Waals surface area contributed by atoms with Gasteiger partial charge in [0, 0.05) is 12.1 Å². The molecule has 0 unspecified atom stereocenters. The Morgan fingerprint density at radius 2 is 2.11 bits per heavy atom. The molecule has 1 aliphatic heterocycles. The van der Waals surface area contributed by atoms with Gasteiger partial charge in [-0.15, -0.1) is 0 Å². The van der Waals surface area contributed by atoms with E-state index in [-0.39, 0.29) is 30.2 Å². The van der Waals surface area contributed by atoms with Crippen molar-refractivity contribution in [3.63, 3.8) is 0 Å². The highest BCUT2D eigenvalue weighted by Gasteiger charge is 2.37. The molecule has 1 aromatic rings. The standard InChI is InChI=1S/C12H13N3O4/c16-11-7-19-9-5-6-10(15(17)18)13-12(9)14(11)8-3-1-2-4-8/h5-6,8H,1-4,7H2. The summed E-state index contributed by atoms with van der Waals surface area (Å²) in [7, 11) is 0. The van der Waals surface area contributed by atoms with Crippen molar-refractivity contribution < 1.29 is 14.5 Å². The van der Waals surface area contributed by atoms with Crippen molar-refractivity contribution in [1.82, 2.24) is 4.98 Å². The fourth-order valence-electron chi connectivity index (χ4n) is 2.68. The summed E-state index contributed by atoms with van der Waals surface area (Å²) in [5, 5.41) is 10.8. The Balaban J connectivity index is 2.03. The number of pyridine rings is 1. The van der Waals surface area contributed by atoms with Gasteiger partial charge >= 0.3 is 5.82 Å². The van der Waals surface area contributed by atoms with E-state index in [2.05, 4.69) is 4.98 Å². The molecule has 2 aliphatic rings. The van der Waals surface area contributed by atoms with Crippen molar-refractivity contribution in [2.45, 2.75) is 31.7 Å². The van der Waals surface area contributed by atoms with Crippen LogP contribution in [0, 0.1) is 10.1 Å². The number of nitrogens with zero attached hydrogens (tertiary/aromatic N) is 3. The first-order chi connectivity index (χ1) is 9.16. The summed E-state index contributed by atoms with van der Waals surface area (Å²) >= 11 is 0. The SMILES string of the molecule is O=C1COc2ccc([N+](=O)[O-])nc2N1C1CCCC1. The van der Waals surface area contributed by atoms with Gasteiger partial charge in [-0.25, -0.2) is 0 Å². The van der Waals surface area contributed by atoms with Gasteiger partial charge in [-0.05, 0) is 28.8 Å². The number of hydrogen-bond donors (Lipinski definition) is 0. The van der Waals surface area contributed by atoms with Crippen LogP contribution in [-0.4, -0.2) is 28.5 Å². The van der Waals surface area contributed by atoms with E-state index in [1.807, 2.05) is 0 Å². The van der Waals surface area contributed by atoms with E-state index in [4.69, 9.17) is 4.74 Å². The highest BCUT2D eigenvalue weighted by atomic mass is 16.6. The molecular weight excluding hydrogens is 250 g/mol. The van der Waals surface area contributed by atoms with Crippen LogP contribution in [0.25, 0.3) is 0 Å². The number of fused-ring (bicyclic) bond motifs is 1. The number of rotatable bonds is 2. The Morgan fingerprint density at radius 1 is 1.37 bits per heavy atom. The molecule has 0 spiro atoms. The third kappa shape index (κ3) is 2.00. The molecule has 1 aliphatic carbocycles. The maximum absolute atomic E-state index is 12.0. The van der Waals surface area contributed by atoms with Crippen LogP contribution in [0.5, 0.6) is 5.75 Å². The van der Waals surface area contributed by atoms with Gasteiger partial charge in [0.15, 0.2) is 12.4 Å². The second-order valence-corrected chi connectivity index (χ2v) is 4.74. The van der Waals surface area contributed by atoms with E-state index >= 15 is 0 Å². The predicted octanol–water partition coefficient (Wildman–Crippen LogP) is 1.66. The molecule has 7 nitrogen and oxygen atoms in total. The summed E-state index contributed by atoms with van der Waals surface area (Å²) in [4.78, 5) is 27.8. The van der Waals surface area contributed by atoms with Gasteiger partial charge in [0.1, 0.15) is 0 Å².